The SMILES string of the molecule is C/C=C\N(N)c1ccc(C)cc1. The van der Waals surface area contributed by atoms with Crippen LogP contribution in [0.15, 0.2) is 36.5 Å². The van der Waals surface area contributed by atoms with Crippen LogP contribution in [0.1, 0.15) is 12.5 Å². The van der Waals surface area contributed by atoms with Crippen molar-refractivity contribution in [2.75, 3.05) is 5.01 Å². The maximum atomic E-state index is 5.70. The molecule has 1 rings (SSSR count). The van der Waals surface area contributed by atoms with Crippen LogP contribution in [-0.4, -0.2) is 0 Å². The Kier molecular flexibility index (Phi) is 2.88. The summed E-state index contributed by atoms with van der Waals surface area (Å²) in [6, 6.07) is 8.07. The van der Waals surface area contributed by atoms with Crippen molar-refractivity contribution in [2.24, 2.45) is 5.84 Å². The lowest BCUT2D eigenvalue weighted by Gasteiger charge is -2.12. The fraction of sp³-hybridized carbons (Fsp3) is 0.200. The molecule has 0 amide bonds. The number of benzene rings is 1. The second-order valence-electron chi connectivity index (χ2n) is 2.73. The summed E-state index contributed by atoms with van der Waals surface area (Å²) in [7, 11) is 0. The van der Waals surface area contributed by atoms with Crippen molar-refractivity contribution in [3.05, 3.63) is 42.1 Å². The smallest absolute Gasteiger partial charge is 0.0568 e. The average molecular weight is 162 g/mol. The highest BCUT2D eigenvalue weighted by Gasteiger charge is 1.94. The van der Waals surface area contributed by atoms with Crippen LogP contribution in [0.4, 0.5) is 5.69 Å². The summed E-state index contributed by atoms with van der Waals surface area (Å²) in [5.74, 6) is 5.70. The van der Waals surface area contributed by atoms with Crippen molar-refractivity contribution in [1.82, 2.24) is 0 Å². The molecule has 0 aliphatic rings. The first-order chi connectivity index (χ1) is 5.74. The molecule has 2 N–H and O–H groups in total. The molecule has 0 heterocycles. The predicted octanol–water partition coefficient (Wildman–Crippen LogP) is 2.21. The summed E-state index contributed by atoms with van der Waals surface area (Å²) >= 11 is 0. The van der Waals surface area contributed by atoms with Crippen molar-refractivity contribution in [3.63, 3.8) is 0 Å². The number of allylic oxidation sites excluding steroid dienone is 1. The number of hydrogen-bond donors (Lipinski definition) is 1. The van der Waals surface area contributed by atoms with Gasteiger partial charge in [0.1, 0.15) is 0 Å². The summed E-state index contributed by atoms with van der Waals surface area (Å²) < 4.78 is 0. The molecule has 0 aliphatic heterocycles. The number of hydrogen-bond acceptors (Lipinski definition) is 2. The third-order valence-electron chi connectivity index (χ3n) is 1.64. The van der Waals surface area contributed by atoms with Crippen LogP contribution in [0.25, 0.3) is 0 Å². The number of nitrogens with zero attached hydrogens (tertiary/aromatic N) is 1. The average Bonchev–Trinajstić information content (AvgIpc) is 2.06. The molecule has 0 radical (unpaired) electrons. The monoisotopic (exact) mass is 162 g/mol. The van der Waals surface area contributed by atoms with E-state index in [1.807, 2.05) is 43.5 Å². The molecule has 0 fully saturated rings. The fourth-order valence-corrected chi connectivity index (χ4v) is 0.964. The summed E-state index contributed by atoms with van der Waals surface area (Å²) in [5, 5.41) is 1.60. The van der Waals surface area contributed by atoms with Crippen LogP contribution >= 0.6 is 0 Å². The minimum absolute atomic E-state index is 0.999. The molecule has 0 atom stereocenters. The highest BCUT2D eigenvalue weighted by Crippen LogP contribution is 2.11. The highest BCUT2D eigenvalue weighted by molar-refractivity contribution is 5.48. The Balaban J connectivity index is 2.82. The number of aryl methyl sites for hydroxylation is 1. The predicted molar refractivity (Wildman–Crippen MR) is 52.7 cm³/mol. The minimum Gasteiger partial charge on any atom is -0.287 e. The number of anilines is 1. The van der Waals surface area contributed by atoms with E-state index in [4.69, 9.17) is 5.84 Å². The summed E-state index contributed by atoms with van der Waals surface area (Å²) in [5.41, 5.74) is 2.24. The molecule has 0 unspecified atom stereocenters. The minimum atomic E-state index is 0.999. The summed E-state index contributed by atoms with van der Waals surface area (Å²) in [6.45, 7) is 3.99. The first kappa shape index (κ1) is 8.81. The highest BCUT2D eigenvalue weighted by atomic mass is 15.4. The molecule has 0 bridgehead atoms. The standard InChI is InChI=1S/C10H14N2/c1-3-8-12(11)10-6-4-9(2)5-7-10/h3-8H,11H2,1-2H3/b8-3-. The molecule has 1 aromatic carbocycles. The van der Waals surface area contributed by atoms with Gasteiger partial charge in [-0.2, -0.15) is 0 Å². The summed E-state index contributed by atoms with van der Waals surface area (Å²) in [6.07, 6.45) is 3.73. The zero-order valence-corrected chi connectivity index (χ0v) is 7.49. The Morgan fingerprint density at radius 1 is 1.25 bits per heavy atom. The van der Waals surface area contributed by atoms with Crippen LogP contribution in [0.5, 0.6) is 0 Å². The van der Waals surface area contributed by atoms with Crippen molar-refractivity contribution < 1.29 is 0 Å². The van der Waals surface area contributed by atoms with Gasteiger partial charge in [0, 0.05) is 6.20 Å². The molecule has 0 aliphatic carbocycles. The van der Waals surface area contributed by atoms with Gasteiger partial charge < -0.3 is 0 Å². The van der Waals surface area contributed by atoms with Crippen molar-refractivity contribution >= 4 is 5.69 Å². The van der Waals surface area contributed by atoms with Crippen molar-refractivity contribution in [2.45, 2.75) is 13.8 Å². The summed E-state index contributed by atoms with van der Waals surface area (Å²) in [4.78, 5) is 0. The van der Waals surface area contributed by atoms with Gasteiger partial charge in [-0.3, -0.25) is 5.01 Å². The van der Waals surface area contributed by atoms with Crippen LogP contribution in [0.3, 0.4) is 0 Å². The van der Waals surface area contributed by atoms with Crippen LogP contribution in [0, 0.1) is 6.92 Å². The molecule has 0 saturated carbocycles. The molecule has 0 spiro atoms. The molecule has 1 aromatic rings. The van der Waals surface area contributed by atoms with E-state index >= 15 is 0 Å². The van der Waals surface area contributed by atoms with Gasteiger partial charge in [-0.25, -0.2) is 5.84 Å². The fourth-order valence-electron chi connectivity index (χ4n) is 0.964. The van der Waals surface area contributed by atoms with Gasteiger partial charge in [-0.15, -0.1) is 0 Å². The van der Waals surface area contributed by atoms with Crippen LogP contribution < -0.4 is 10.9 Å². The molecule has 0 aromatic heterocycles. The first-order valence-electron chi connectivity index (χ1n) is 3.97. The van der Waals surface area contributed by atoms with Gasteiger partial charge >= 0.3 is 0 Å². The van der Waals surface area contributed by atoms with Gasteiger partial charge in [0.2, 0.25) is 0 Å². The quantitative estimate of drug-likeness (QED) is 0.533. The van der Waals surface area contributed by atoms with E-state index in [9.17, 15) is 0 Å². The molecular weight excluding hydrogens is 148 g/mol. The lowest BCUT2D eigenvalue weighted by molar-refractivity contribution is 1.07. The zero-order chi connectivity index (χ0) is 8.97. The third kappa shape index (κ3) is 2.10. The normalized spacial score (nSPS) is 10.6. The van der Waals surface area contributed by atoms with E-state index in [1.54, 1.807) is 5.01 Å². The topological polar surface area (TPSA) is 29.3 Å². The zero-order valence-electron chi connectivity index (χ0n) is 7.49. The molecule has 2 nitrogen and oxygen atoms in total. The lowest BCUT2D eigenvalue weighted by atomic mass is 10.2. The van der Waals surface area contributed by atoms with Crippen LogP contribution in [-0.2, 0) is 0 Å². The molecular formula is C10H14N2. The third-order valence-corrected chi connectivity index (χ3v) is 1.64. The number of hydrazine groups is 1. The Bertz CT molecular complexity index is 262. The van der Waals surface area contributed by atoms with E-state index in [2.05, 4.69) is 6.92 Å². The van der Waals surface area contributed by atoms with Crippen molar-refractivity contribution in [3.8, 4) is 0 Å². The van der Waals surface area contributed by atoms with E-state index in [0.717, 1.165) is 5.69 Å². The van der Waals surface area contributed by atoms with E-state index < -0.39 is 0 Å². The first-order valence-corrected chi connectivity index (χ1v) is 3.97. The number of nitrogens with two attached hydrogens (primary N) is 1. The Hall–Kier alpha value is -1.28. The Morgan fingerprint density at radius 3 is 2.33 bits per heavy atom. The Morgan fingerprint density at radius 2 is 1.83 bits per heavy atom. The molecule has 12 heavy (non-hydrogen) atoms. The molecule has 64 valence electrons. The Labute approximate surface area is 73.3 Å². The largest absolute Gasteiger partial charge is 0.287 e. The van der Waals surface area contributed by atoms with Gasteiger partial charge in [0.25, 0.3) is 0 Å². The van der Waals surface area contributed by atoms with Crippen molar-refractivity contribution in [1.29, 1.82) is 0 Å². The maximum Gasteiger partial charge on any atom is 0.0568 e. The van der Waals surface area contributed by atoms with E-state index in [-0.39, 0.29) is 0 Å². The molecule has 2 heteroatoms. The van der Waals surface area contributed by atoms with Gasteiger partial charge in [-0.05, 0) is 26.0 Å². The van der Waals surface area contributed by atoms with Crippen LogP contribution in [0.2, 0.25) is 0 Å². The van der Waals surface area contributed by atoms with Gasteiger partial charge in [0.15, 0.2) is 0 Å². The van der Waals surface area contributed by atoms with E-state index in [0.29, 0.717) is 0 Å². The molecule has 0 saturated heterocycles. The van der Waals surface area contributed by atoms with Gasteiger partial charge in [0.05, 0.1) is 5.69 Å². The second kappa shape index (κ2) is 3.93. The number of rotatable bonds is 2. The van der Waals surface area contributed by atoms with E-state index in [1.165, 1.54) is 5.56 Å². The maximum absolute atomic E-state index is 5.70. The lowest BCUT2D eigenvalue weighted by Crippen LogP contribution is -2.23. The second-order valence-corrected chi connectivity index (χ2v) is 2.73. The van der Waals surface area contributed by atoms with Gasteiger partial charge in [-0.1, -0.05) is 23.8 Å².